The van der Waals surface area contributed by atoms with Gasteiger partial charge in [0.15, 0.2) is 11.6 Å². The van der Waals surface area contributed by atoms with E-state index >= 15 is 0 Å². The van der Waals surface area contributed by atoms with Crippen molar-refractivity contribution in [1.82, 2.24) is 4.98 Å². The number of hydrogen-bond acceptors (Lipinski definition) is 3. The fourth-order valence-corrected chi connectivity index (χ4v) is 1.71. The Morgan fingerprint density at radius 1 is 1.21 bits per heavy atom. The predicted octanol–water partition coefficient (Wildman–Crippen LogP) is 2.79. The lowest BCUT2D eigenvalue weighted by Crippen LogP contribution is -1.84. The fraction of sp³-hybridized carbons (Fsp3) is 0. The maximum Gasteiger partial charge on any atom is 0.222 e. The highest BCUT2D eigenvalue weighted by atomic mass is 32.1. The smallest absolute Gasteiger partial charge is 0.222 e. The van der Waals surface area contributed by atoms with Gasteiger partial charge in [-0.25, -0.2) is 13.8 Å². The third kappa shape index (κ3) is 1.58. The van der Waals surface area contributed by atoms with E-state index in [0.717, 1.165) is 12.1 Å². The van der Waals surface area contributed by atoms with Gasteiger partial charge in [0.1, 0.15) is 5.01 Å². The lowest BCUT2D eigenvalue weighted by atomic mass is 10.2. The van der Waals surface area contributed by atoms with Crippen molar-refractivity contribution >= 4 is 11.3 Å². The second kappa shape index (κ2) is 3.34. The van der Waals surface area contributed by atoms with Crippen LogP contribution in [0.4, 0.5) is 8.78 Å². The van der Waals surface area contributed by atoms with Gasteiger partial charge in [-0.15, -0.1) is 11.3 Å². The van der Waals surface area contributed by atoms with Crippen LogP contribution in [0.15, 0.2) is 23.6 Å². The van der Waals surface area contributed by atoms with E-state index in [0.29, 0.717) is 10.6 Å². The molecule has 1 N–H and O–H groups in total. The molecule has 0 bridgehead atoms. The van der Waals surface area contributed by atoms with Crippen molar-refractivity contribution in [1.29, 1.82) is 0 Å². The zero-order valence-corrected chi connectivity index (χ0v) is 7.68. The normalized spacial score (nSPS) is 10.4. The van der Waals surface area contributed by atoms with Crippen molar-refractivity contribution in [3.05, 3.63) is 35.2 Å². The van der Waals surface area contributed by atoms with E-state index in [2.05, 4.69) is 4.98 Å². The van der Waals surface area contributed by atoms with E-state index in [-0.39, 0.29) is 5.88 Å². The van der Waals surface area contributed by atoms with Gasteiger partial charge in [-0.05, 0) is 18.2 Å². The number of aromatic nitrogens is 1. The van der Waals surface area contributed by atoms with Crippen LogP contribution in [-0.4, -0.2) is 10.1 Å². The monoisotopic (exact) mass is 213 g/mol. The second-order valence-electron chi connectivity index (χ2n) is 2.64. The topological polar surface area (TPSA) is 33.1 Å². The van der Waals surface area contributed by atoms with Crippen LogP contribution in [0.25, 0.3) is 10.6 Å². The Morgan fingerprint density at radius 2 is 2.00 bits per heavy atom. The molecule has 2 nitrogen and oxygen atoms in total. The lowest BCUT2D eigenvalue weighted by molar-refractivity contribution is 0.458. The minimum atomic E-state index is -0.919. The molecule has 0 atom stereocenters. The molecule has 5 heteroatoms. The number of aromatic hydroxyl groups is 1. The molecule has 1 heterocycles. The molecular formula is C9H5F2NOS. The van der Waals surface area contributed by atoms with Crippen LogP contribution in [0.5, 0.6) is 5.88 Å². The summed E-state index contributed by atoms with van der Waals surface area (Å²) in [6.07, 6.45) is 0. The number of rotatable bonds is 1. The van der Waals surface area contributed by atoms with Crippen molar-refractivity contribution in [2.24, 2.45) is 0 Å². The van der Waals surface area contributed by atoms with E-state index in [1.807, 2.05) is 0 Å². The Labute approximate surface area is 82.5 Å². The Morgan fingerprint density at radius 3 is 2.57 bits per heavy atom. The SMILES string of the molecule is Oc1csc(-c2ccc(F)c(F)c2)n1. The second-order valence-corrected chi connectivity index (χ2v) is 3.50. The molecule has 0 saturated heterocycles. The minimum Gasteiger partial charge on any atom is -0.493 e. The molecule has 0 spiro atoms. The average molecular weight is 213 g/mol. The molecule has 1 aromatic carbocycles. The van der Waals surface area contributed by atoms with Gasteiger partial charge in [0, 0.05) is 5.56 Å². The number of halogens is 2. The van der Waals surface area contributed by atoms with Crippen molar-refractivity contribution in [2.45, 2.75) is 0 Å². The molecule has 2 rings (SSSR count). The summed E-state index contributed by atoms with van der Waals surface area (Å²) in [6.45, 7) is 0. The molecule has 0 aliphatic heterocycles. The summed E-state index contributed by atoms with van der Waals surface area (Å²) in [6, 6.07) is 3.49. The van der Waals surface area contributed by atoms with Crippen LogP contribution in [0.1, 0.15) is 0 Å². The molecule has 14 heavy (non-hydrogen) atoms. The van der Waals surface area contributed by atoms with Crippen LogP contribution >= 0.6 is 11.3 Å². The molecule has 0 fully saturated rings. The molecule has 0 aliphatic rings. The molecule has 0 aliphatic carbocycles. The summed E-state index contributed by atoms with van der Waals surface area (Å²) >= 11 is 1.17. The third-order valence-electron chi connectivity index (χ3n) is 1.66. The molecule has 72 valence electrons. The molecule has 0 amide bonds. The van der Waals surface area contributed by atoms with Crippen LogP contribution in [-0.2, 0) is 0 Å². The van der Waals surface area contributed by atoms with Gasteiger partial charge in [-0.3, -0.25) is 0 Å². The Kier molecular flexibility index (Phi) is 2.17. The van der Waals surface area contributed by atoms with Gasteiger partial charge in [0.2, 0.25) is 5.88 Å². The Hall–Kier alpha value is -1.49. The number of benzene rings is 1. The van der Waals surface area contributed by atoms with Gasteiger partial charge in [0.05, 0.1) is 5.38 Å². The Balaban J connectivity index is 2.47. The summed E-state index contributed by atoms with van der Waals surface area (Å²) in [5, 5.41) is 10.9. The van der Waals surface area contributed by atoms with Crippen LogP contribution in [0.2, 0.25) is 0 Å². The average Bonchev–Trinajstić information content (AvgIpc) is 2.57. The standard InChI is InChI=1S/C9H5F2NOS/c10-6-2-1-5(3-7(6)11)9-12-8(13)4-14-9/h1-4,13H. The van der Waals surface area contributed by atoms with Gasteiger partial charge in [-0.2, -0.15) is 0 Å². The molecular weight excluding hydrogens is 208 g/mol. The highest BCUT2D eigenvalue weighted by Crippen LogP contribution is 2.27. The van der Waals surface area contributed by atoms with Crippen LogP contribution < -0.4 is 0 Å². The van der Waals surface area contributed by atoms with Crippen LogP contribution in [0.3, 0.4) is 0 Å². The lowest BCUT2D eigenvalue weighted by Gasteiger charge is -1.96. The van der Waals surface area contributed by atoms with E-state index in [1.54, 1.807) is 0 Å². The first kappa shape index (κ1) is 9.08. The number of nitrogens with zero attached hydrogens (tertiary/aromatic N) is 1. The van der Waals surface area contributed by atoms with Crippen molar-refractivity contribution in [3.63, 3.8) is 0 Å². The van der Waals surface area contributed by atoms with E-state index in [1.165, 1.54) is 22.8 Å². The summed E-state index contributed by atoms with van der Waals surface area (Å²) in [4.78, 5) is 3.74. The zero-order chi connectivity index (χ0) is 10.1. The van der Waals surface area contributed by atoms with Crippen molar-refractivity contribution in [3.8, 4) is 16.5 Å². The number of hydrogen-bond donors (Lipinski definition) is 1. The van der Waals surface area contributed by atoms with E-state index in [4.69, 9.17) is 5.11 Å². The van der Waals surface area contributed by atoms with Gasteiger partial charge < -0.3 is 5.11 Å². The van der Waals surface area contributed by atoms with Crippen molar-refractivity contribution in [2.75, 3.05) is 0 Å². The summed E-state index contributed by atoms with van der Waals surface area (Å²) < 4.78 is 25.4. The third-order valence-corrected chi connectivity index (χ3v) is 2.54. The van der Waals surface area contributed by atoms with Crippen LogP contribution in [0, 0.1) is 11.6 Å². The molecule has 0 unspecified atom stereocenters. The molecule has 1 aromatic heterocycles. The molecule has 0 radical (unpaired) electrons. The first-order valence-corrected chi connectivity index (χ1v) is 4.64. The van der Waals surface area contributed by atoms with Gasteiger partial charge >= 0.3 is 0 Å². The fourth-order valence-electron chi connectivity index (χ4n) is 1.03. The maximum absolute atomic E-state index is 12.8. The zero-order valence-electron chi connectivity index (χ0n) is 6.87. The van der Waals surface area contributed by atoms with Gasteiger partial charge in [-0.1, -0.05) is 0 Å². The van der Waals surface area contributed by atoms with Crippen molar-refractivity contribution < 1.29 is 13.9 Å². The summed E-state index contributed by atoms with van der Waals surface area (Å²) in [5.74, 6) is -1.93. The summed E-state index contributed by atoms with van der Waals surface area (Å²) in [7, 11) is 0. The quantitative estimate of drug-likeness (QED) is 0.790. The molecule has 2 aromatic rings. The highest BCUT2D eigenvalue weighted by Gasteiger charge is 2.07. The van der Waals surface area contributed by atoms with E-state index < -0.39 is 11.6 Å². The minimum absolute atomic E-state index is 0.116. The largest absolute Gasteiger partial charge is 0.493 e. The van der Waals surface area contributed by atoms with E-state index in [9.17, 15) is 8.78 Å². The molecule has 0 saturated carbocycles. The number of thiazole rings is 1. The first-order valence-electron chi connectivity index (χ1n) is 3.77. The highest BCUT2D eigenvalue weighted by molar-refractivity contribution is 7.13. The first-order chi connectivity index (χ1) is 6.66. The van der Waals surface area contributed by atoms with Gasteiger partial charge in [0.25, 0.3) is 0 Å². The predicted molar refractivity (Wildman–Crippen MR) is 49.1 cm³/mol. The Bertz CT molecular complexity index is 470. The maximum atomic E-state index is 12.8. The summed E-state index contributed by atoms with van der Waals surface area (Å²) in [5.41, 5.74) is 0.453.